The molecule has 2 N–H and O–H groups in total. The Morgan fingerprint density at radius 3 is 2.72 bits per heavy atom. The molecule has 0 aliphatic rings. The highest BCUT2D eigenvalue weighted by Crippen LogP contribution is 2.22. The van der Waals surface area contributed by atoms with Gasteiger partial charge >= 0.3 is 0 Å². The van der Waals surface area contributed by atoms with Gasteiger partial charge in [-0.1, -0.05) is 0 Å². The zero-order valence-electron chi connectivity index (χ0n) is 10.4. The third kappa shape index (κ3) is 4.50. The molecule has 0 unspecified atom stereocenters. The van der Waals surface area contributed by atoms with Crippen molar-refractivity contribution in [2.24, 2.45) is 0 Å². The maximum atomic E-state index is 13.1. The molecular formula is C11H17FN2O3S. The van der Waals surface area contributed by atoms with Gasteiger partial charge in [0.1, 0.15) is 0 Å². The quantitative estimate of drug-likeness (QED) is 0.734. The Bertz CT molecular complexity index is 491. The molecule has 0 heterocycles. The third-order valence-electron chi connectivity index (χ3n) is 2.26. The largest absolute Gasteiger partial charge is 0.494 e. The van der Waals surface area contributed by atoms with Crippen molar-refractivity contribution >= 4 is 15.7 Å². The van der Waals surface area contributed by atoms with Gasteiger partial charge in [-0.2, -0.15) is 0 Å². The van der Waals surface area contributed by atoms with Crippen molar-refractivity contribution in [1.82, 2.24) is 5.32 Å². The van der Waals surface area contributed by atoms with E-state index in [9.17, 15) is 12.8 Å². The van der Waals surface area contributed by atoms with Gasteiger partial charge in [0.25, 0.3) is 0 Å². The highest BCUT2D eigenvalue weighted by molar-refractivity contribution is 7.92. The predicted octanol–water partition coefficient (Wildman–Crippen LogP) is 1.19. The highest BCUT2D eigenvalue weighted by Gasteiger charge is 2.11. The van der Waals surface area contributed by atoms with Crippen molar-refractivity contribution in [2.45, 2.75) is 6.42 Å². The van der Waals surface area contributed by atoms with Crippen LogP contribution in [0.1, 0.15) is 6.42 Å². The van der Waals surface area contributed by atoms with Gasteiger partial charge in [0.05, 0.1) is 18.6 Å². The zero-order chi connectivity index (χ0) is 13.6. The van der Waals surface area contributed by atoms with Crippen molar-refractivity contribution in [3.63, 3.8) is 0 Å². The summed E-state index contributed by atoms with van der Waals surface area (Å²) in [5.41, 5.74) is 0.290. The van der Waals surface area contributed by atoms with Crippen molar-refractivity contribution < 1.29 is 17.5 Å². The number of hydrogen-bond acceptors (Lipinski definition) is 4. The van der Waals surface area contributed by atoms with Crippen LogP contribution in [0.5, 0.6) is 5.75 Å². The molecule has 0 atom stereocenters. The van der Waals surface area contributed by atoms with Crippen LogP contribution < -0.4 is 14.8 Å². The Labute approximate surface area is 106 Å². The number of nitrogens with one attached hydrogen (secondary N) is 2. The van der Waals surface area contributed by atoms with Crippen molar-refractivity contribution in [3.05, 3.63) is 24.0 Å². The molecule has 0 amide bonds. The number of ether oxygens (including phenoxy) is 1. The maximum absolute atomic E-state index is 13.1. The Morgan fingerprint density at radius 1 is 1.39 bits per heavy atom. The second-order valence-corrected chi connectivity index (χ2v) is 5.57. The summed E-state index contributed by atoms with van der Waals surface area (Å²) in [7, 11) is -0.335. The van der Waals surface area contributed by atoms with Gasteiger partial charge in [0.15, 0.2) is 11.6 Å². The van der Waals surface area contributed by atoms with Crippen LogP contribution in [0, 0.1) is 5.82 Å². The molecule has 102 valence electrons. The fourth-order valence-corrected chi connectivity index (χ4v) is 2.51. The lowest BCUT2D eigenvalue weighted by molar-refractivity contribution is 0.387. The molecule has 1 aromatic rings. The second kappa shape index (κ2) is 6.55. The van der Waals surface area contributed by atoms with E-state index in [2.05, 4.69) is 10.0 Å². The number of methoxy groups -OCH3 is 1. The summed E-state index contributed by atoms with van der Waals surface area (Å²) in [6.07, 6.45) is 0.504. The van der Waals surface area contributed by atoms with Gasteiger partial charge in [-0.05, 0) is 32.1 Å². The smallest absolute Gasteiger partial charge is 0.232 e. The Hall–Kier alpha value is -1.34. The summed E-state index contributed by atoms with van der Waals surface area (Å²) >= 11 is 0. The first-order valence-electron chi connectivity index (χ1n) is 5.47. The average molecular weight is 276 g/mol. The van der Waals surface area contributed by atoms with Gasteiger partial charge in [0.2, 0.25) is 10.0 Å². The summed E-state index contributed by atoms with van der Waals surface area (Å²) in [5.74, 6) is -0.519. The lowest BCUT2D eigenvalue weighted by Crippen LogP contribution is -2.20. The summed E-state index contributed by atoms with van der Waals surface area (Å²) < 4.78 is 43.7. The van der Waals surface area contributed by atoms with Gasteiger partial charge in [-0.3, -0.25) is 4.72 Å². The van der Waals surface area contributed by atoms with E-state index in [1.165, 1.54) is 19.2 Å². The van der Waals surface area contributed by atoms with Gasteiger partial charge in [-0.15, -0.1) is 0 Å². The first kappa shape index (κ1) is 14.7. The molecule has 18 heavy (non-hydrogen) atoms. The van der Waals surface area contributed by atoms with Crippen molar-refractivity contribution in [1.29, 1.82) is 0 Å². The number of halogens is 1. The van der Waals surface area contributed by atoms with E-state index in [0.717, 1.165) is 6.07 Å². The molecule has 0 saturated carbocycles. The van der Waals surface area contributed by atoms with Crippen LogP contribution in [-0.2, 0) is 10.0 Å². The predicted molar refractivity (Wildman–Crippen MR) is 68.9 cm³/mol. The number of sulfonamides is 1. The van der Waals surface area contributed by atoms with Crippen LogP contribution in [0.3, 0.4) is 0 Å². The molecule has 0 radical (unpaired) electrons. The molecule has 0 saturated heterocycles. The van der Waals surface area contributed by atoms with Crippen LogP contribution in [0.15, 0.2) is 18.2 Å². The van der Waals surface area contributed by atoms with E-state index >= 15 is 0 Å². The third-order valence-corrected chi connectivity index (χ3v) is 3.64. The van der Waals surface area contributed by atoms with Gasteiger partial charge in [0, 0.05) is 6.07 Å². The first-order chi connectivity index (χ1) is 8.48. The zero-order valence-corrected chi connectivity index (χ0v) is 11.2. The van der Waals surface area contributed by atoms with Crippen LogP contribution in [0.2, 0.25) is 0 Å². The first-order valence-corrected chi connectivity index (χ1v) is 7.12. The van der Waals surface area contributed by atoms with Crippen LogP contribution in [0.25, 0.3) is 0 Å². The molecule has 7 heteroatoms. The Kier molecular flexibility index (Phi) is 5.36. The number of rotatable bonds is 7. The minimum atomic E-state index is -3.41. The second-order valence-electron chi connectivity index (χ2n) is 3.73. The van der Waals surface area contributed by atoms with Crippen LogP contribution >= 0.6 is 0 Å². The minimum absolute atomic E-state index is 0.00502. The minimum Gasteiger partial charge on any atom is -0.494 e. The van der Waals surface area contributed by atoms with Crippen LogP contribution in [-0.4, -0.2) is 34.9 Å². The van der Waals surface area contributed by atoms with Gasteiger partial charge < -0.3 is 10.1 Å². The highest BCUT2D eigenvalue weighted by atomic mass is 32.2. The lowest BCUT2D eigenvalue weighted by Gasteiger charge is -2.09. The van der Waals surface area contributed by atoms with Crippen molar-refractivity contribution in [3.8, 4) is 5.75 Å². The van der Waals surface area contributed by atoms with E-state index in [1.807, 2.05) is 0 Å². The number of anilines is 1. The molecule has 0 aliphatic carbocycles. The van der Waals surface area contributed by atoms with E-state index in [4.69, 9.17) is 4.74 Å². The molecule has 0 bridgehead atoms. The fourth-order valence-electron chi connectivity index (χ4n) is 1.39. The molecule has 1 rings (SSSR count). The van der Waals surface area contributed by atoms with Crippen molar-refractivity contribution in [2.75, 3.05) is 31.2 Å². The maximum Gasteiger partial charge on any atom is 0.232 e. The fraction of sp³-hybridized carbons (Fsp3) is 0.455. The summed E-state index contributed by atoms with van der Waals surface area (Å²) in [6.45, 7) is 0.619. The molecule has 0 aromatic heterocycles. The molecule has 0 aliphatic heterocycles. The Balaban J connectivity index is 2.72. The summed E-state index contributed by atoms with van der Waals surface area (Å²) in [6, 6.07) is 3.82. The molecule has 1 aromatic carbocycles. The molecule has 0 fully saturated rings. The molecule has 0 spiro atoms. The van der Waals surface area contributed by atoms with E-state index in [-0.39, 0.29) is 17.2 Å². The van der Waals surface area contributed by atoms with E-state index in [1.54, 1.807) is 7.05 Å². The molecular weight excluding hydrogens is 259 g/mol. The van der Waals surface area contributed by atoms with Gasteiger partial charge in [-0.25, -0.2) is 12.8 Å². The number of hydrogen-bond donors (Lipinski definition) is 2. The van der Waals surface area contributed by atoms with E-state index in [0.29, 0.717) is 13.0 Å². The topological polar surface area (TPSA) is 67.4 Å². The van der Waals surface area contributed by atoms with E-state index < -0.39 is 15.8 Å². The number of benzene rings is 1. The standard InChI is InChI=1S/C11H17FN2O3S/c1-13-6-3-7-18(15,16)14-9-4-5-10(12)11(8-9)17-2/h4-5,8,13-14H,3,6-7H2,1-2H3. The molecule has 5 nitrogen and oxygen atoms in total. The Morgan fingerprint density at radius 2 is 2.11 bits per heavy atom. The summed E-state index contributed by atoms with van der Waals surface area (Å²) in [4.78, 5) is 0. The monoisotopic (exact) mass is 276 g/mol. The van der Waals surface area contributed by atoms with Crippen LogP contribution in [0.4, 0.5) is 10.1 Å². The summed E-state index contributed by atoms with van der Waals surface area (Å²) in [5, 5.41) is 2.87. The normalized spacial score (nSPS) is 11.3. The lowest BCUT2D eigenvalue weighted by atomic mass is 10.3. The SMILES string of the molecule is CNCCCS(=O)(=O)Nc1ccc(F)c(OC)c1. The average Bonchev–Trinajstić information content (AvgIpc) is 2.31.